The molecule has 3 heteroatoms. The van der Waals surface area contributed by atoms with E-state index in [0.717, 1.165) is 31.6 Å². The van der Waals surface area contributed by atoms with E-state index < -0.39 is 0 Å². The zero-order valence-electron chi connectivity index (χ0n) is 9.62. The van der Waals surface area contributed by atoms with Gasteiger partial charge in [-0.3, -0.25) is 4.90 Å². The van der Waals surface area contributed by atoms with Gasteiger partial charge in [0.25, 0.3) is 0 Å². The fourth-order valence-electron chi connectivity index (χ4n) is 2.27. The van der Waals surface area contributed by atoms with Gasteiger partial charge in [-0.2, -0.15) is 0 Å². The number of aryl methyl sites for hydroxylation is 1. The van der Waals surface area contributed by atoms with E-state index in [1.54, 1.807) is 6.92 Å². The van der Waals surface area contributed by atoms with E-state index >= 15 is 0 Å². The highest BCUT2D eigenvalue weighted by atomic mass is 19.1. The summed E-state index contributed by atoms with van der Waals surface area (Å²) in [4.78, 5) is 2.31. The minimum atomic E-state index is -0.140. The van der Waals surface area contributed by atoms with Crippen LogP contribution in [0.25, 0.3) is 0 Å². The fourth-order valence-corrected chi connectivity index (χ4v) is 2.27. The van der Waals surface area contributed by atoms with Crippen molar-refractivity contribution in [1.82, 2.24) is 4.90 Å². The van der Waals surface area contributed by atoms with Gasteiger partial charge in [0, 0.05) is 19.7 Å². The van der Waals surface area contributed by atoms with Gasteiger partial charge in [0.05, 0.1) is 0 Å². The van der Waals surface area contributed by atoms with Crippen LogP contribution in [0.3, 0.4) is 0 Å². The Bertz CT molecular complexity index is 367. The van der Waals surface area contributed by atoms with Gasteiger partial charge >= 0.3 is 0 Å². The molecule has 88 valence electrons. The molecule has 1 saturated heterocycles. The Morgan fingerprint density at radius 2 is 2.31 bits per heavy atom. The largest absolute Gasteiger partial charge is 0.396 e. The minimum absolute atomic E-state index is 0.140. The van der Waals surface area contributed by atoms with E-state index in [1.165, 1.54) is 6.07 Å². The average Bonchev–Trinajstić information content (AvgIpc) is 2.71. The second kappa shape index (κ2) is 4.93. The van der Waals surface area contributed by atoms with Gasteiger partial charge in [0.1, 0.15) is 5.82 Å². The average molecular weight is 223 g/mol. The molecule has 1 heterocycles. The van der Waals surface area contributed by atoms with Crippen LogP contribution < -0.4 is 0 Å². The maximum absolute atomic E-state index is 13.1. The number of aliphatic hydroxyl groups is 1. The maximum atomic E-state index is 13.1. The molecule has 1 atom stereocenters. The van der Waals surface area contributed by atoms with Crippen molar-refractivity contribution >= 4 is 0 Å². The van der Waals surface area contributed by atoms with Crippen molar-refractivity contribution < 1.29 is 9.50 Å². The van der Waals surface area contributed by atoms with Crippen LogP contribution in [0.1, 0.15) is 17.5 Å². The molecule has 0 amide bonds. The topological polar surface area (TPSA) is 23.5 Å². The van der Waals surface area contributed by atoms with E-state index in [2.05, 4.69) is 4.90 Å². The predicted molar refractivity (Wildman–Crippen MR) is 61.6 cm³/mol. The Morgan fingerprint density at radius 1 is 1.50 bits per heavy atom. The maximum Gasteiger partial charge on any atom is 0.126 e. The van der Waals surface area contributed by atoms with Crippen LogP contribution in [-0.4, -0.2) is 29.7 Å². The number of rotatable bonds is 3. The van der Waals surface area contributed by atoms with Crippen molar-refractivity contribution in [3.8, 4) is 0 Å². The third-order valence-corrected chi connectivity index (χ3v) is 3.26. The molecule has 0 saturated carbocycles. The first kappa shape index (κ1) is 11.6. The lowest BCUT2D eigenvalue weighted by Crippen LogP contribution is -2.21. The van der Waals surface area contributed by atoms with Crippen LogP contribution in [0, 0.1) is 18.7 Å². The summed E-state index contributed by atoms with van der Waals surface area (Å²) in [6.45, 7) is 4.91. The summed E-state index contributed by atoms with van der Waals surface area (Å²) < 4.78 is 13.1. The molecule has 0 aliphatic carbocycles. The van der Waals surface area contributed by atoms with Crippen molar-refractivity contribution in [1.29, 1.82) is 0 Å². The fraction of sp³-hybridized carbons (Fsp3) is 0.538. The third kappa shape index (κ3) is 2.60. The van der Waals surface area contributed by atoms with Gasteiger partial charge < -0.3 is 5.11 Å². The number of hydrogen-bond acceptors (Lipinski definition) is 2. The minimum Gasteiger partial charge on any atom is -0.396 e. The third-order valence-electron chi connectivity index (χ3n) is 3.26. The van der Waals surface area contributed by atoms with E-state index in [-0.39, 0.29) is 12.4 Å². The summed E-state index contributed by atoms with van der Waals surface area (Å²) in [7, 11) is 0. The normalized spacial score (nSPS) is 21.6. The standard InChI is InChI=1S/C13H18FNO/c1-10-6-11(2-3-13(10)14)7-15-5-4-12(8-15)9-16/h2-3,6,12,16H,4-5,7-9H2,1H3. The van der Waals surface area contributed by atoms with Crippen molar-refractivity contribution in [2.24, 2.45) is 5.92 Å². The van der Waals surface area contributed by atoms with Crippen molar-refractivity contribution in [2.45, 2.75) is 19.9 Å². The molecule has 0 aromatic heterocycles. The Balaban J connectivity index is 1.97. The first-order valence-electron chi connectivity index (χ1n) is 5.77. The molecule has 1 aliphatic heterocycles. The lowest BCUT2D eigenvalue weighted by molar-refractivity contribution is 0.220. The Labute approximate surface area is 95.7 Å². The predicted octanol–water partition coefficient (Wildman–Crippen LogP) is 1.95. The van der Waals surface area contributed by atoms with Crippen molar-refractivity contribution in [2.75, 3.05) is 19.7 Å². The molecule has 0 radical (unpaired) electrons. The lowest BCUT2D eigenvalue weighted by Gasteiger charge is -2.15. The first-order valence-corrected chi connectivity index (χ1v) is 5.77. The quantitative estimate of drug-likeness (QED) is 0.846. The molecular weight excluding hydrogens is 205 g/mol. The lowest BCUT2D eigenvalue weighted by atomic mass is 10.1. The molecular formula is C13H18FNO. The molecule has 1 aliphatic rings. The monoisotopic (exact) mass is 223 g/mol. The summed E-state index contributed by atoms with van der Waals surface area (Å²) in [6.07, 6.45) is 1.07. The molecule has 0 bridgehead atoms. The molecule has 1 unspecified atom stereocenters. The van der Waals surface area contributed by atoms with E-state index in [9.17, 15) is 4.39 Å². The summed E-state index contributed by atoms with van der Waals surface area (Å²) in [5, 5.41) is 9.05. The SMILES string of the molecule is Cc1cc(CN2CCC(CO)C2)ccc1F. The summed E-state index contributed by atoms with van der Waals surface area (Å²) >= 11 is 0. The van der Waals surface area contributed by atoms with Crippen LogP contribution in [-0.2, 0) is 6.54 Å². The van der Waals surface area contributed by atoms with Crippen molar-refractivity contribution in [3.63, 3.8) is 0 Å². The van der Waals surface area contributed by atoms with Gasteiger partial charge in [0.2, 0.25) is 0 Å². The Morgan fingerprint density at radius 3 is 2.94 bits per heavy atom. The van der Waals surface area contributed by atoms with Gasteiger partial charge in [-0.05, 0) is 43.0 Å². The van der Waals surface area contributed by atoms with Gasteiger partial charge in [0.15, 0.2) is 0 Å². The van der Waals surface area contributed by atoms with Crippen LogP contribution in [0.5, 0.6) is 0 Å². The van der Waals surface area contributed by atoms with Crippen LogP contribution in [0.2, 0.25) is 0 Å². The molecule has 16 heavy (non-hydrogen) atoms. The Hall–Kier alpha value is -0.930. The van der Waals surface area contributed by atoms with Gasteiger partial charge in [-0.25, -0.2) is 4.39 Å². The second-order valence-corrected chi connectivity index (χ2v) is 4.66. The molecule has 1 aromatic rings. The van der Waals surface area contributed by atoms with Crippen LogP contribution >= 0.6 is 0 Å². The second-order valence-electron chi connectivity index (χ2n) is 4.66. The van der Waals surface area contributed by atoms with E-state index in [1.807, 2.05) is 12.1 Å². The summed E-state index contributed by atoms with van der Waals surface area (Å²) in [6, 6.07) is 5.28. The molecule has 1 fully saturated rings. The highest BCUT2D eigenvalue weighted by Gasteiger charge is 2.21. The molecule has 2 rings (SSSR count). The summed E-state index contributed by atoms with van der Waals surface area (Å²) in [5.41, 5.74) is 1.85. The number of benzene rings is 1. The molecule has 0 spiro atoms. The zero-order valence-corrected chi connectivity index (χ0v) is 9.62. The highest BCUT2D eigenvalue weighted by Crippen LogP contribution is 2.19. The Kier molecular flexibility index (Phi) is 3.56. The number of halogens is 1. The highest BCUT2D eigenvalue weighted by molar-refractivity contribution is 5.23. The van der Waals surface area contributed by atoms with Crippen LogP contribution in [0.4, 0.5) is 4.39 Å². The van der Waals surface area contributed by atoms with E-state index in [0.29, 0.717) is 11.5 Å². The van der Waals surface area contributed by atoms with Gasteiger partial charge in [-0.1, -0.05) is 12.1 Å². The summed E-state index contributed by atoms with van der Waals surface area (Å²) in [5.74, 6) is 0.278. The molecule has 2 nitrogen and oxygen atoms in total. The molecule has 1 N–H and O–H groups in total. The zero-order chi connectivity index (χ0) is 11.5. The number of hydrogen-bond donors (Lipinski definition) is 1. The van der Waals surface area contributed by atoms with Crippen LogP contribution in [0.15, 0.2) is 18.2 Å². The smallest absolute Gasteiger partial charge is 0.126 e. The molecule has 1 aromatic carbocycles. The van der Waals surface area contributed by atoms with E-state index in [4.69, 9.17) is 5.11 Å². The number of nitrogens with zero attached hydrogens (tertiary/aromatic N) is 1. The van der Waals surface area contributed by atoms with Gasteiger partial charge in [-0.15, -0.1) is 0 Å². The number of aliphatic hydroxyl groups excluding tert-OH is 1. The van der Waals surface area contributed by atoms with Crippen molar-refractivity contribution in [3.05, 3.63) is 35.1 Å². The first-order chi connectivity index (χ1) is 7.69. The number of likely N-dealkylation sites (tertiary alicyclic amines) is 1.